The zero-order valence-corrected chi connectivity index (χ0v) is 18.2. The molecule has 1 fully saturated rings. The van der Waals surface area contributed by atoms with Crippen molar-refractivity contribution < 1.29 is 32.7 Å². The molecule has 2 aliphatic heterocycles. The van der Waals surface area contributed by atoms with Crippen LogP contribution in [-0.2, 0) is 21.4 Å². The molecule has 3 N–H and O–H groups in total. The highest BCUT2D eigenvalue weighted by atomic mass is 19.4. The minimum Gasteiger partial charge on any atom is -0.385 e. The molecule has 0 spiro atoms. The van der Waals surface area contributed by atoms with Crippen LogP contribution in [0, 0.1) is 0 Å². The zero-order chi connectivity index (χ0) is 24.5. The second kappa shape index (κ2) is 9.09. The van der Waals surface area contributed by atoms with Crippen molar-refractivity contribution in [2.75, 3.05) is 18.4 Å². The summed E-state index contributed by atoms with van der Waals surface area (Å²) in [7, 11) is 0. The van der Waals surface area contributed by atoms with Gasteiger partial charge in [0.15, 0.2) is 0 Å². The molecular formula is C24H24F3N3O4. The number of anilines is 1. The van der Waals surface area contributed by atoms with E-state index >= 15 is 0 Å². The second-order valence-electron chi connectivity index (χ2n) is 8.59. The summed E-state index contributed by atoms with van der Waals surface area (Å²) in [6, 6.07) is 10.3. The van der Waals surface area contributed by atoms with Crippen LogP contribution >= 0.6 is 0 Å². The number of hydrogen-bond donors (Lipinski definition) is 3. The topological polar surface area (TPSA) is 98.7 Å². The number of rotatable bonds is 4. The van der Waals surface area contributed by atoms with Gasteiger partial charge in [-0.05, 0) is 49.1 Å². The first kappa shape index (κ1) is 23.7. The standard InChI is InChI=1S/C24H24F3N3O4/c25-24(26,27)16-5-3-4-15(14-16)23(34)10-12-30(13-11-23)20(31)9-8-19-22(33)28-18-7-2-1-6-17(18)21(32)29-19/h1-7,14,19,34H,8-13H2,(H,28,33)(H,29,32)/t19-/m1/s1. The number of nitrogens with one attached hydrogen (secondary N) is 2. The molecule has 0 bridgehead atoms. The quantitative estimate of drug-likeness (QED) is 0.633. The smallest absolute Gasteiger partial charge is 0.385 e. The van der Waals surface area contributed by atoms with Crippen LogP contribution in [0.1, 0.15) is 47.2 Å². The first-order valence-corrected chi connectivity index (χ1v) is 11.0. The first-order valence-electron chi connectivity index (χ1n) is 11.0. The number of carbonyl (C=O) groups excluding carboxylic acids is 3. The molecule has 2 aromatic carbocycles. The van der Waals surface area contributed by atoms with Gasteiger partial charge in [0.05, 0.1) is 22.4 Å². The van der Waals surface area contributed by atoms with E-state index in [2.05, 4.69) is 10.6 Å². The van der Waals surface area contributed by atoms with E-state index in [0.717, 1.165) is 12.1 Å². The van der Waals surface area contributed by atoms with E-state index in [4.69, 9.17) is 0 Å². The lowest BCUT2D eigenvalue weighted by molar-refractivity contribution is -0.137. The number of alkyl halides is 3. The zero-order valence-electron chi connectivity index (χ0n) is 18.2. The van der Waals surface area contributed by atoms with Crippen molar-refractivity contribution in [1.29, 1.82) is 0 Å². The molecule has 180 valence electrons. The van der Waals surface area contributed by atoms with Gasteiger partial charge in [-0.15, -0.1) is 0 Å². The van der Waals surface area contributed by atoms with Gasteiger partial charge in [-0.1, -0.05) is 24.3 Å². The number of aliphatic hydroxyl groups is 1. The van der Waals surface area contributed by atoms with Gasteiger partial charge in [0.25, 0.3) is 5.91 Å². The molecule has 0 unspecified atom stereocenters. The summed E-state index contributed by atoms with van der Waals surface area (Å²) in [6.45, 7) is 0.334. The molecule has 4 rings (SSSR count). The lowest BCUT2D eigenvalue weighted by atomic mass is 9.83. The maximum absolute atomic E-state index is 13.0. The highest BCUT2D eigenvalue weighted by molar-refractivity contribution is 6.09. The Morgan fingerprint density at radius 2 is 1.79 bits per heavy atom. The summed E-state index contributed by atoms with van der Waals surface area (Å²) in [4.78, 5) is 39.1. The first-order chi connectivity index (χ1) is 16.1. The lowest BCUT2D eigenvalue weighted by Crippen LogP contribution is -2.46. The van der Waals surface area contributed by atoms with Gasteiger partial charge in [-0.25, -0.2) is 0 Å². The van der Waals surface area contributed by atoms with Crippen molar-refractivity contribution in [3.8, 4) is 0 Å². The van der Waals surface area contributed by atoms with Crippen molar-refractivity contribution in [3.63, 3.8) is 0 Å². The predicted molar refractivity (Wildman–Crippen MR) is 117 cm³/mol. The Kier molecular flexibility index (Phi) is 6.35. The fourth-order valence-corrected chi connectivity index (χ4v) is 4.34. The molecule has 0 aliphatic carbocycles. The van der Waals surface area contributed by atoms with E-state index in [1.54, 1.807) is 24.3 Å². The molecule has 1 atom stereocenters. The number of amides is 3. The highest BCUT2D eigenvalue weighted by Crippen LogP contribution is 2.37. The number of halogens is 3. The van der Waals surface area contributed by atoms with Gasteiger partial charge in [0, 0.05) is 19.5 Å². The second-order valence-corrected chi connectivity index (χ2v) is 8.59. The van der Waals surface area contributed by atoms with Crippen molar-refractivity contribution in [2.45, 2.75) is 43.5 Å². The minimum atomic E-state index is -4.51. The van der Waals surface area contributed by atoms with Gasteiger partial charge in [0.1, 0.15) is 6.04 Å². The number of carbonyl (C=O) groups is 3. The van der Waals surface area contributed by atoms with E-state index in [0.29, 0.717) is 11.3 Å². The number of piperidine rings is 1. The number of benzene rings is 2. The van der Waals surface area contributed by atoms with Crippen molar-refractivity contribution in [2.24, 2.45) is 0 Å². The Balaban J connectivity index is 1.34. The molecular weight excluding hydrogens is 451 g/mol. The number of nitrogens with zero attached hydrogens (tertiary/aromatic N) is 1. The molecule has 2 aliphatic rings. The average molecular weight is 475 g/mol. The van der Waals surface area contributed by atoms with Gasteiger partial charge in [-0.2, -0.15) is 13.2 Å². The van der Waals surface area contributed by atoms with Crippen LogP contribution in [-0.4, -0.2) is 46.9 Å². The number of likely N-dealkylation sites (tertiary alicyclic amines) is 1. The fourth-order valence-electron chi connectivity index (χ4n) is 4.34. The highest BCUT2D eigenvalue weighted by Gasteiger charge is 2.38. The molecule has 1 saturated heterocycles. The summed E-state index contributed by atoms with van der Waals surface area (Å²) >= 11 is 0. The van der Waals surface area contributed by atoms with Gasteiger partial charge in [-0.3, -0.25) is 14.4 Å². The normalized spacial score (nSPS) is 20.1. The Morgan fingerprint density at radius 3 is 2.50 bits per heavy atom. The molecule has 2 heterocycles. The fraction of sp³-hybridized carbons (Fsp3) is 0.375. The van der Waals surface area contributed by atoms with E-state index in [1.807, 2.05) is 0 Å². The maximum atomic E-state index is 13.0. The molecule has 2 aromatic rings. The van der Waals surface area contributed by atoms with E-state index < -0.39 is 35.2 Å². The number of para-hydroxylation sites is 1. The third-order valence-electron chi connectivity index (χ3n) is 6.37. The maximum Gasteiger partial charge on any atom is 0.416 e. The van der Waals surface area contributed by atoms with Crippen LogP contribution in [0.15, 0.2) is 48.5 Å². The molecule has 10 heteroatoms. The van der Waals surface area contributed by atoms with Crippen LogP contribution in [0.5, 0.6) is 0 Å². The van der Waals surface area contributed by atoms with Crippen LogP contribution in [0.25, 0.3) is 0 Å². The predicted octanol–water partition coefficient (Wildman–Crippen LogP) is 3.05. The van der Waals surface area contributed by atoms with E-state index in [-0.39, 0.29) is 50.2 Å². The third kappa shape index (κ3) is 4.91. The number of fused-ring (bicyclic) bond motifs is 1. The lowest BCUT2D eigenvalue weighted by Gasteiger charge is -2.39. The van der Waals surface area contributed by atoms with Gasteiger partial charge >= 0.3 is 6.18 Å². The monoisotopic (exact) mass is 475 g/mol. The Bertz CT molecular complexity index is 1110. The SMILES string of the molecule is O=C1N[C@H](CCC(=O)N2CCC(O)(c3cccc(C(F)(F)F)c3)CC2)C(=O)Nc2ccccc21. The van der Waals surface area contributed by atoms with Crippen LogP contribution in [0.2, 0.25) is 0 Å². The van der Waals surface area contributed by atoms with E-state index in [1.165, 1.54) is 17.0 Å². The molecule has 7 nitrogen and oxygen atoms in total. The van der Waals surface area contributed by atoms with Crippen molar-refractivity contribution in [3.05, 3.63) is 65.2 Å². The minimum absolute atomic E-state index is 0.00327. The van der Waals surface area contributed by atoms with Gasteiger partial charge in [0.2, 0.25) is 11.8 Å². The Labute approximate surface area is 193 Å². The van der Waals surface area contributed by atoms with Crippen LogP contribution in [0.3, 0.4) is 0 Å². The summed E-state index contributed by atoms with van der Waals surface area (Å²) in [5.41, 5.74) is -1.37. The van der Waals surface area contributed by atoms with E-state index in [9.17, 15) is 32.7 Å². The Morgan fingerprint density at radius 1 is 1.09 bits per heavy atom. The summed E-state index contributed by atoms with van der Waals surface area (Å²) in [5, 5.41) is 16.3. The molecule has 0 saturated carbocycles. The van der Waals surface area contributed by atoms with Crippen molar-refractivity contribution >= 4 is 23.4 Å². The largest absolute Gasteiger partial charge is 0.416 e. The average Bonchev–Trinajstić information content (AvgIpc) is 2.93. The van der Waals surface area contributed by atoms with Gasteiger partial charge < -0.3 is 20.6 Å². The summed E-state index contributed by atoms with van der Waals surface area (Å²) in [6.07, 6.45) is -4.23. The summed E-state index contributed by atoms with van der Waals surface area (Å²) < 4.78 is 39.1. The van der Waals surface area contributed by atoms with Crippen LogP contribution < -0.4 is 10.6 Å². The molecule has 0 radical (unpaired) electrons. The molecule has 3 amide bonds. The van der Waals surface area contributed by atoms with Crippen molar-refractivity contribution in [1.82, 2.24) is 10.2 Å². The number of hydrogen-bond acceptors (Lipinski definition) is 4. The van der Waals surface area contributed by atoms with Crippen LogP contribution in [0.4, 0.5) is 18.9 Å². The third-order valence-corrected chi connectivity index (χ3v) is 6.37. The Hall–Kier alpha value is -3.40. The molecule has 0 aromatic heterocycles. The molecule has 34 heavy (non-hydrogen) atoms. The summed E-state index contributed by atoms with van der Waals surface area (Å²) in [5.74, 6) is -1.07.